The Hall–Kier alpha value is -1.26. The van der Waals surface area contributed by atoms with Crippen molar-refractivity contribution in [1.82, 2.24) is 10.1 Å². The van der Waals surface area contributed by atoms with E-state index < -0.39 is 0 Å². The lowest BCUT2D eigenvalue weighted by Gasteiger charge is -2.23. The normalized spacial score (nSPS) is 13.1. The number of aromatic nitrogens is 1. The molecule has 2 aromatic rings. The van der Waals surface area contributed by atoms with Gasteiger partial charge >= 0.3 is 0 Å². The predicted molar refractivity (Wildman–Crippen MR) is 76.9 cm³/mol. The minimum absolute atomic E-state index is 0.371. The fraction of sp³-hybridized carbons (Fsp3) is 0.500. The molecular weight excluding hydrogens is 264 g/mol. The third-order valence-electron chi connectivity index (χ3n) is 3.16. The lowest BCUT2D eigenvalue weighted by atomic mass is 10.1. The summed E-state index contributed by atoms with van der Waals surface area (Å²) in [7, 11) is 4.11. The molecule has 19 heavy (non-hydrogen) atoms. The molecule has 0 N–H and O–H groups in total. The van der Waals surface area contributed by atoms with Gasteiger partial charge in [0.05, 0.1) is 5.39 Å². The van der Waals surface area contributed by atoms with Crippen LogP contribution in [0.1, 0.15) is 19.8 Å². The number of fused-ring (bicyclic) bond motifs is 1. The Bertz CT molecular complexity index is 539. The molecule has 0 saturated heterocycles. The van der Waals surface area contributed by atoms with Crippen LogP contribution in [0.4, 0.5) is 0 Å². The number of rotatable bonds is 6. The van der Waals surface area contributed by atoms with Crippen LogP contribution in [0.3, 0.4) is 0 Å². The lowest BCUT2D eigenvalue weighted by molar-refractivity contribution is 0.168. The van der Waals surface area contributed by atoms with Gasteiger partial charge in [-0.25, -0.2) is 0 Å². The average molecular weight is 283 g/mol. The second kappa shape index (κ2) is 6.26. The monoisotopic (exact) mass is 282 g/mol. The Morgan fingerprint density at radius 2 is 2.21 bits per heavy atom. The van der Waals surface area contributed by atoms with Crippen LogP contribution in [0, 0.1) is 0 Å². The molecule has 1 unspecified atom stereocenters. The molecule has 0 aliphatic carbocycles. The zero-order valence-corrected chi connectivity index (χ0v) is 12.3. The molecule has 0 radical (unpaired) electrons. The van der Waals surface area contributed by atoms with Crippen molar-refractivity contribution in [2.24, 2.45) is 0 Å². The van der Waals surface area contributed by atoms with E-state index in [9.17, 15) is 0 Å². The van der Waals surface area contributed by atoms with E-state index in [1.54, 1.807) is 12.1 Å². The first-order valence-electron chi connectivity index (χ1n) is 6.46. The molecule has 1 aromatic heterocycles. The minimum Gasteiger partial charge on any atom is -0.473 e. The van der Waals surface area contributed by atoms with Crippen LogP contribution in [0.5, 0.6) is 5.88 Å². The predicted octanol–water partition coefficient (Wildman–Crippen LogP) is 3.59. The van der Waals surface area contributed by atoms with Crippen molar-refractivity contribution >= 4 is 22.6 Å². The van der Waals surface area contributed by atoms with E-state index in [1.807, 2.05) is 6.07 Å². The van der Waals surface area contributed by atoms with Gasteiger partial charge in [0.15, 0.2) is 5.58 Å². The molecule has 5 heteroatoms. The standard InChI is InChI=1S/C14H19ClN2O2/c1-4-5-11(17(2)3)9-18-14-12-8-10(15)6-7-13(12)19-16-14/h6-8,11H,4-5,9H2,1-3H3. The first-order valence-corrected chi connectivity index (χ1v) is 6.83. The molecule has 0 saturated carbocycles. The molecule has 2 rings (SSSR count). The van der Waals surface area contributed by atoms with Crippen LogP contribution in [0.2, 0.25) is 5.02 Å². The van der Waals surface area contributed by atoms with Gasteiger partial charge in [0.2, 0.25) is 0 Å². The highest BCUT2D eigenvalue weighted by Gasteiger charge is 2.15. The van der Waals surface area contributed by atoms with Crippen molar-refractivity contribution in [2.75, 3.05) is 20.7 Å². The Labute approximate surface area is 118 Å². The topological polar surface area (TPSA) is 38.5 Å². The summed E-state index contributed by atoms with van der Waals surface area (Å²) in [5.74, 6) is 0.514. The Kier molecular flexibility index (Phi) is 4.66. The maximum atomic E-state index is 5.98. The van der Waals surface area contributed by atoms with E-state index in [4.69, 9.17) is 20.9 Å². The summed E-state index contributed by atoms with van der Waals surface area (Å²) in [4.78, 5) is 2.17. The molecule has 0 amide bonds. The molecule has 1 atom stereocenters. The Balaban J connectivity index is 2.10. The van der Waals surface area contributed by atoms with Crippen LogP contribution >= 0.6 is 11.6 Å². The smallest absolute Gasteiger partial charge is 0.262 e. The maximum Gasteiger partial charge on any atom is 0.262 e. The Morgan fingerprint density at radius 1 is 1.42 bits per heavy atom. The van der Waals surface area contributed by atoms with Gasteiger partial charge in [-0.3, -0.25) is 0 Å². The van der Waals surface area contributed by atoms with Crippen LogP contribution in [-0.4, -0.2) is 36.8 Å². The summed E-state index contributed by atoms with van der Waals surface area (Å²) in [5, 5.41) is 5.43. The van der Waals surface area contributed by atoms with Gasteiger partial charge in [0.25, 0.3) is 5.88 Å². The van der Waals surface area contributed by atoms with Crippen molar-refractivity contribution in [3.63, 3.8) is 0 Å². The second-order valence-corrected chi connectivity index (χ2v) is 5.28. The number of nitrogens with zero attached hydrogens (tertiary/aromatic N) is 2. The molecule has 1 heterocycles. The molecule has 0 fully saturated rings. The van der Waals surface area contributed by atoms with Crippen LogP contribution in [0.25, 0.3) is 11.0 Å². The highest BCUT2D eigenvalue weighted by Crippen LogP contribution is 2.27. The van der Waals surface area contributed by atoms with Crippen molar-refractivity contribution in [1.29, 1.82) is 0 Å². The van der Waals surface area contributed by atoms with Crippen molar-refractivity contribution < 1.29 is 9.26 Å². The van der Waals surface area contributed by atoms with E-state index in [0.29, 0.717) is 29.1 Å². The largest absolute Gasteiger partial charge is 0.473 e. The molecule has 4 nitrogen and oxygen atoms in total. The van der Waals surface area contributed by atoms with Gasteiger partial charge in [0, 0.05) is 11.1 Å². The van der Waals surface area contributed by atoms with Gasteiger partial charge < -0.3 is 14.2 Å². The highest BCUT2D eigenvalue weighted by molar-refractivity contribution is 6.31. The van der Waals surface area contributed by atoms with E-state index in [1.165, 1.54) is 0 Å². The molecule has 0 aliphatic rings. The van der Waals surface area contributed by atoms with Gasteiger partial charge in [-0.05, 0) is 43.9 Å². The number of hydrogen-bond acceptors (Lipinski definition) is 4. The summed E-state index contributed by atoms with van der Waals surface area (Å²) in [6.45, 7) is 2.76. The number of ether oxygens (including phenoxy) is 1. The van der Waals surface area contributed by atoms with Crippen LogP contribution in [0.15, 0.2) is 22.7 Å². The summed E-state index contributed by atoms with van der Waals surface area (Å²) in [5.41, 5.74) is 0.691. The molecule has 104 valence electrons. The fourth-order valence-electron chi connectivity index (χ4n) is 1.99. The fourth-order valence-corrected chi connectivity index (χ4v) is 2.16. The molecular formula is C14H19ClN2O2. The van der Waals surface area contributed by atoms with E-state index in [-0.39, 0.29) is 0 Å². The quantitative estimate of drug-likeness (QED) is 0.811. The number of halogens is 1. The first kappa shape index (κ1) is 14.2. The first-order chi connectivity index (χ1) is 9.11. The summed E-state index contributed by atoms with van der Waals surface area (Å²) >= 11 is 5.98. The van der Waals surface area contributed by atoms with Crippen molar-refractivity contribution in [3.05, 3.63) is 23.2 Å². The molecule has 0 aliphatic heterocycles. The zero-order valence-electron chi connectivity index (χ0n) is 11.5. The molecule has 1 aromatic carbocycles. The Morgan fingerprint density at radius 3 is 2.89 bits per heavy atom. The summed E-state index contributed by atoms with van der Waals surface area (Å²) in [6, 6.07) is 5.76. The van der Waals surface area contributed by atoms with Crippen molar-refractivity contribution in [3.8, 4) is 5.88 Å². The average Bonchev–Trinajstić information content (AvgIpc) is 2.76. The van der Waals surface area contributed by atoms with Crippen LogP contribution in [-0.2, 0) is 0 Å². The molecule has 0 spiro atoms. The third-order valence-corrected chi connectivity index (χ3v) is 3.40. The maximum absolute atomic E-state index is 5.98. The van der Waals surface area contributed by atoms with E-state index >= 15 is 0 Å². The third kappa shape index (κ3) is 3.39. The van der Waals surface area contributed by atoms with Gasteiger partial charge in [-0.1, -0.05) is 24.9 Å². The number of hydrogen-bond donors (Lipinski definition) is 0. The summed E-state index contributed by atoms with van der Waals surface area (Å²) < 4.78 is 11.0. The molecule has 0 bridgehead atoms. The minimum atomic E-state index is 0.371. The number of benzene rings is 1. The second-order valence-electron chi connectivity index (χ2n) is 4.85. The van der Waals surface area contributed by atoms with E-state index in [0.717, 1.165) is 18.2 Å². The van der Waals surface area contributed by atoms with Gasteiger partial charge in [0.1, 0.15) is 6.61 Å². The van der Waals surface area contributed by atoms with Crippen LogP contribution < -0.4 is 4.74 Å². The van der Waals surface area contributed by atoms with Gasteiger partial charge in [-0.2, -0.15) is 0 Å². The van der Waals surface area contributed by atoms with Gasteiger partial charge in [-0.15, -0.1) is 0 Å². The highest BCUT2D eigenvalue weighted by atomic mass is 35.5. The SMILES string of the molecule is CCCC(COc1noc2ccc(Cl)cc12)N(C)C. The van der Waals surface area contributed by atoms with E-state index in [2.05, 4.69) is 31.1 Å². The lowest BCUT2D eigenvalue weighted by Crippen LogP contribution is -2.33. The van der Waals surface area contributed by atoms with Crippen molar-refractivity contribution in [2.45, 2.75) is 25.8 Å². The number of likely N-dealkylation sites (N-methyl/N-ethyl adjacent to an activating group) is 1. The zero-order chi connectivity index (χ0) is 13.8. The summed E-state index contributed by atoms with van der Waals surface area (Å²) in [6.07, 6.45) is 2.21.